The normalized spacial score (nSPS) is 14.4. The minimum Gasteiger partial charge on any atom is -0.340 e. The van der Waals surface area contributed by atoms with E-state index in [4.69, 9.17) is 0 Å². The van der Waals surface area contributed by atoms with Crippen LogP contribution in [0.3, 0.4) is 0 Å². The fraction of sp³-hybridized carbons (Fsp3) is 0.364. The molecule has 0 aliphatic carbocycles. The first-order chi connectivity index (χ1) is 16.2. The van der Waals surface area contributed by atoms with Gasteiger partial charge in [-0.2, -0.15) is 4.31 Å². The van der Waals surface area contributed by atoms with Crippen LogP contribution in [-0.4, -0.2) is 79.2 Å². The van der Waals surface area contributed by atoms with E-state index in [2.05, 4.69) is 5.32 Å². The number of amides is 3. The summed E-state index contributed by atoms with van der Waals surface area (Å²) in [6.07, 6.45) is 0.0997. The van der Waals surface area contributed by atoms with Crippen LogP contribution in [0.5, 0.6) is 0 Å². The topological polar surface area (TPSA) is 133 Å². The van der Waals surface area contributed by atoms with Crippen molar-refractivity contribution < 1.29 is 22.9 Å². The number of carbonyl (C=O) groups is 2. The van der Waals surface area contributed by atoms with Crippen molar-refractivity contribution in [2.75, 3.05) is 39.8 Å². The maximum Gasteiger partial charge on any atom is 0.317 e. The Bertz CT molecular complexity index is 1130. The average Bonchev–Trinajstić information content (AvgIpc) is 2.84. The van der Waals surface area contributed by atoms with Gasteiger partial charge in [0.15, 0.2) is 0 Å². The van der Waals surface area contributed by atoms with Gasteiger partial charge in [-0.1, -0.05) is 36.4 Å². The number of benzene rings is 2. The number of nitrogens with one attached hydrogen (secondary N) is 1. The molecule has 0 atom stereocenters. The Kier molecular flexibility index (Phi) is 8.18. The zero-order valence-electron chi connectivity index (χ0n) is 18.8. The van der Waals surface area contributed by atoms with Crippen LogP contribution in [0.25, 0.3) is 0 Å². The third kappa shape index (κ3) is 6.29. The predicted octanol–water partition coefficient (Wildman–Crippen LogP) is 1.66. The molecule has 0 aromatic heterocycles. The van der Waals surface area contributed by atoms with Crippen molar-refractivity contribution in [2.24, 2.45) is 0 Å². The van der Waals surface area contributed by atoms with E-state index in [1.165, 1.54) is 27.4 Å². The molecule has 0 spiro atoms. The van der Waals surface area contributed by atoms with Crippen LogP contribution in [0.4, 0.5) is 10.5 Å². The highest BCUT2D eigenvalue weighted by Crippen LogP contribution is 2.22. The highest BCUT2D eigenvalue weighted by molar-refractivity contribution is 7.89. The molecule has 2 aromatic carbocycles. The van der Waals surface area contributed by atoms with Crippen LogP contribution < -0.4 is 5.32 Å². The highest BCUT2D eigenvalue weighted by atomic mass is 32.2. The van der Waals surface area contributed by atoms with Crippen LogP contribution in [0.2, 0.25) is 0 Å². The fourth-order valence-electron chi connectivity index (χ4n) is 3.58. The van der Waals surface area contributed by atoms with Gasteiger partial charge in [0.25, 0.3) is 5.69 Å². The summed E-state index contributed by atoms with van der Waals surface area (Å²) >= 11 is 0. The summed E-state index contributed by atoms with van der Waals surface area (Å²) in [5.74, 6) is -0.182. The third-order valence-corrected chi connectivity index (χ3v) is 7.38. The zero-order valence-corrected chi connectivity index (χ0v) is 19.6. The van der Waals surface area contributed by atoms with E-state index in [-0.39, 0.29) is 61.7 Å². The van der Waals surface area contributed by atoms with Gasteiger partial charge in [-0.15, -0.1) is 0 Å². The lowest BCUT2D eigenvalue weighted by atomic mass is 10.2. The number of urea groups is 1. The molecule has 1 heterocycles. The monoisotopic (exact) mass is 489 g/mol. The number of hydrogen-bond acceptors (Lipinski definition) is 6. The van der Waals surface area contributed by atoms with E-state index in [1.807, 2.05) is 30.3 Å². The number of rotatable bonds is 8. The van der Waals surface area contributed by atoms with Crippen molar-refractivity contribution in [2.45, 2.75) is 17.9 Å². The predicted molar refractivity (Wildman–Crippen MR) is 124 cm³/mol. The molecule has 1 aliphatic rings. The Hall–Kier alpha value is -3.51. The Morgan fingerprint density at radius 2 is 1.74 bits per heavy atom. The Morgan fingerprint density at radius 1 is 1.06 bits per heavy atom. The molecule has 11 nitrogen and oxygen atoms in total. The summed E-state index contributed by atoms with van der Waals surface area (Å²) in [5, 5.41) is 13.7. The lowest BCUT2D eigenvalue weighted by Crippen LogP contribution is -2.51. The molecule has 0 saturated carbocycles. The van der Waals surface area contributed by atoms with Crippen LogP contribution in [0, 0.1) is 10.1 Å². The van der Waals surface area contributed by atoms with Gasteiger partial charge in [0.2, 0.25) is 15.9 Å². The number of non-ortho nitro benzene ring substituents is 1. The molecule has 3 amide bonds. The van der Waals surface area contributed by atoms with Crippen molar-refractivity contribution in [1.82, 2.24) is 19.4 Å². The van der Waals surface area contributed by atoms with Crippen molar-refractivity contribution >= 4 is 27.6 Å². The second kappa shape index (κ2) is 11.1. The van der Waals surface area contributed by atoms with Crippen LogP contribution >= 0.6 is 0 Å². The minimum atomic E-state index is -3.90. The van der Waals surface area contributed by atoms with Crippen molar-refractivity contribution in [3.05, 3.63) is 70.3 Å². The SMILES string of the molecule is CN(Cc1ccccc1)C(=O)NCCC(=O)N1CCN(S(=O)(=O)c2cccc([N+](=O)[O-])c2)CC1. The lowest BCUT2D eigenvalue weighted by molar-refractivity contribution is -0.385. The molecule has 12 heteroatoms. The standard InChI is InChI=1S/C22H27N5O6S/c1-24(17-18-6-3-2-4-7-18)22(29)23-11-10-21(28)25-12-14-26(15-13-25)34(32,33)20-9-5-8-19(16-20)27(30)31/h2-9,16H,10-15,17H2,1H3,(H,23,29). The van der Waals surface area contributed by atoms with Gasteiger partial charge in [-0.3, -0.25) is 14.9 Å². The van der Waals surface area contributed by atoms with Gasteiger partial charge in [0.1, 0.15) is 0 Å². The summed E-state index contributed by atoms with van der Waals surface area (Å²) in [7, 11) is -2.23. The largest absolute Gasteiger partial charge is 0.340 e. The molecular weight excluding hydrogens is 462 g/mol. The quantitative estimate of drug-likeness (QED) is 0.443. The van der Waals surface area contributed by atoms with E-state index in [1.54, 1.807) is 11.9 Å². The molecule has 1 saturated heterocycles. The first kappa shape index (κ1) is 25.1. The molecule has 0 unspecified atom stereocenters. The second-order valence-corrected chi connectivity index (χ2v) is 9.80. The van der Waals surface area contributed by atoms with E-state index in [9.17, 15) is 28.1 Å². The van der Waals surface area contributed by atoms with Gasteiger partial charge in [-0.05, 0) is 11.6 Å². The van der Waals surface area contributed by atoms with E-state index >= 15 is 0 Å². The van der Waals surface area contributed by atoms with Crippen LogP contribution in [0.1, 0.15) is 12.0 Å². The fourth-order valence-corrected chi connectivity index (χ4v) is 5.05. The molecule has 3 rings (SSSR count). The average molecular weight is 490 g/mol. The van der Waals surface area contributed by atoms with Gasteiger partial charge in [0, 0.05) is 64.9 Å². The number of nitro benzene ring substituents is 1. The Morgan fingerprint density at radius 3 is 2.38 bits per heavy atom. The van der Waals surface area contributed by atoms with E-state index in [0.717, 1.165) is 11.6 Å². The zero-order chi connectivity index (χ0) is 24.7. The van der Waals surface area contributed by atoms with E-state index < -0.39 is 14.9 Å². The van der Waals surface area contributed by atoms with Gasteiger partial charge < -0.3 is 15.1 Å². The first-order valence-corrected chi connectivity index (χ1v) is 12.2. The number of nitro groups is 1. The smallest absolute Gasteiger partial charge is 0.317 e. The molecule has 34 heavy (non-hydrogen) atoms. The summed E-state index contributed by atoms with van der Waals surface area (Å²) in [6, 6.07) is 14.2. The van der Waals surface area contributed by atoms with Gasteiger partial charge in [-0.25, -0.2) is 13.2 Å². The number of piperazine rings is 1. The van der Waals surface area contributed by atoms with E-state index in [0.29, 0.717) is 6.54 Å². The first-order valence-electron chi connectivity index (χ1n) is 10.7. The summed E-state index contributed by atoms with van der Waals surface area (Å²) in [6.45, 7) is 1.19. The Labute approximate surface area is 198 Å². The summed E-state index contributed by atoms with van der Waals surface area (Å²) < 4.78 is 26.9. The number of sulfonamides is 1. The van der Waals surface area contributed by atoms with Crippen molar-refractivity contribution in [1.29, 1.82) is 0 Å². The third-order valence-electron chi connectivity index (χ3n) is 5.48. The molecule has 182 valence electrons. The Balaban J connectivity index is 1.45. The molecule has 1 N–H and O–H groups in total. The number of hydrogen-bond donors (Lipinski definition) is 1. The maximum atomic E-state index is 12.8. The van der Waals surface area contributed by atoms with Crippen molar-refractivity contribution in [3.63, 3.8) is 0 Å². The second-order valence-electron chi connectivity index (χ2n) is 7.86. The molecule has 2 aromatic rings. The lowest BCUT2D eigenvalue weighted by Gasteiger charge is -2.34. The molecule has 1 aliphatic heterocycles. The number of carbonyl (C=O) groups excluding carboxylic acids is 2. The van der Waals surface area contributed by atoms with Crippen LogP contribution in [0.15, 0.2) is 59.5 Å². The molecule has 1 fully saturated rings. The van der Waals surface area contributed by atoms with Crippen LogP contribution in [-0.2, 0) is 21.4 Å². The maximum absolute atomic E-state index is 12.8. The molecule has 0 bridgehead atoms. The highest BCUT2D eigenvalue weighted by Gasteiger charge is 2.30. The summed E-state index contributed by atoms with van der Waals surface area (Å²) in [5.41, 5.74) is 0.695. The van der Waals surface area contributed by atoms with Crippen molar-refractivity contribution in [3.8, 4) is 0 Å². The summed E-state index contributed by atoms with van der Waals surface area (Å²) in [4.78, 5) is 38.0. The minimum absolute atomic E-state index is 0.0862. The number of nitrogens with zero attached hydrogens (tertiary/aromatic N) is 4. The van der Waals surface area contributed by atoms with Gasteiger partial charge >= 0.3 is 6.03 Å². The molecule has 0 radical (unpaired) electrons. The van der Waals surface area contributed by atoms with Gasteiger partial charge in [0.05, 0.1) is 9.82 Å². The molecular formula is C22H27N5O6S.